The van der Waals surface area contributed by atoms with E-state index in [-0.39, 0.29) is 15.6 Å². The molecule has 112 valence electrons. The number of aryl methyl sites for hydroxylation is 2. The predicted octanol–water partition coefficient (Wildman–Crippen LogP) is 3.02. The number of anilines is 1. The van der Waals surface area contributed by atoms with Crippen LogP contribution in [0.25, 0.3) is 0 Å². The van der Waals surface area contributed by atoms with Gasteiger partial charge >= 0.3 is 5.97 Å². The van der Waals surface area contributed by atoms with E-state index in [2.05, 4.69) is 25.6 Å². The topological polar surface area (TPSA) is 96.4 Å². The Labute approximate surface area is 134 Å². The lowest BCUT2D eigenvalue weighted by Crippen LogP contribution is -2.14. The van der Waals surface area contributed by atoms with E-state index in [0.29, 0.717) is 10.6 Å². The summed E-state index contributed by atoms with van der Waals surface area (Å²) in [6.45, 7) is 3.30. The molecule has 2 heterocycles. The molecular formula is C12H11BrN2O4S2. The molecule has 0 radical (unpaired) electrons. The van der Waals surface area contributed by atoms with Crippen molar-refractivity contribution in [3.8, 4) is 0 Å². The van der Waals surface area contributed by atoms with Crippen molar-refractivity contribution in [2.45, 2.75) is 18.7 Å². The van der Waals surface area contributed by atoms with Gasteiger partial charge in [0.05, 0.1) is 5.69 Å². The number of carboxylic acids is 1. The summed E-state index contributed by atoms with van der Waals surface area (Å²) < 4.78 is 27.7. The van der Waals surface area contributed by atoms with Gasteiger partial charge in [0.25, 0.3) is 10.0 Å². The lowest BCUT2D eigenvalue weighted by atomic mass is 10.4. The van der Waals surface area contributed by atoms with Crippen LogP contribution in [0.1, 0.15) is 20.2 Å². The molecule has 9 heteroatoms. The molecule has 0 saturated carbocycles. The Bertz CT molecular complexity index is 815. The summed E-state index contributed by atoms with van der Waals surface area (Å²) >= 11 is 4.20. The van der Waals surface area contributed by atoms with Gasteiger partial charge in [0.1, 0.15) is 15.6 Å². The van der Waals surface area contributed by atoms with E-state index >= 15 is 0 Å². The third-order valence-electron chi connectivity index (χ3n) is 2.63. The molecule has 2 aromatic heterocycles. The molecule has 0 aliphatic heterocycles. The van der Waals surface area contributed by atoms with E-state index in [1.165, 1.54) is 6.07 Å². The molecule has 0 saturated heterocycles. The van der Waals surface area contributed by atoms with Crippen molar-refractivity contribution in [1.29, 1.82) is 0 Å². The van der Waals surface area contributed by atoms with Gasteiger partial charge in [0, 0.05) is 9.35 Å². The first-order chi connectivity index (χ1) is 9.70. The number of rotatable bonds is 4. The number of hydrogen-bond donors (Lipinski definition) is 2. The van der Waals surface area contributed by atoms with Crippen molar-refractivity contribution in [1.82, 2.24) is 4.98 Å². The second kappa shape index (κ2) is 5.74. The number of pyridine rings is 1. The van der Waals surface area contributed by atoms with Crippen LogP contribution in [0.15, 0.2) is 27.6 Å². The SMILES string of the molecule is Cc1nc(NS(=O)(=O)c2cc(C(=O)O)sc2C)ccc1Br. The van der Waals surface area contributed by atoms with Crippen LogP contribution in [0.2, 0.25) is 0 Å². The Hall–Kier alpha value is -1.45. The minimum absolute atomic E-state index is 0.0205. The van der Waals surface area contributed by atoms with Crippen LogP contribution < -0.4 is 4.72 Å². The molecule has 2 rings (SSSR count). The molecule has 0 aliphatic rings. The summed E-state index contributed by atoms with van der Waals surface area (Å²) in [5.74, 6) is -0.972. The van der Waals surface area contributed by atoms with E-state index in [1.807, 2.05) is 0 Å². The minimum atomic E-state index is -3.87. The average Bonchev–Trinajstić information content (AvgIpc) is 2.77. The fourth-order valence-electron chi connectivity index (χ4n) is 1.63. The van der Waals surface area contributed by atoms with Crippen LogP contribution in [-0.2, 0) is 10.0 Å². The molecule has 0 aliphatic carbocycles. The molecule has 0 atom stereocenters. The monoisotopic (exact) mass is 390 g/mol. The van der Waals surface area contributed by atoms with Crippen molar-refractivity contribution < 1.29 is 18.3 Å². The van der Waals surface area contributed by atoms with E-state index in [4.69, 9.17) is 5.11 Å². The van der Waals surface area contributed by atoms with Crippen molar-refractivity contribution in [2.24, 2.45) is 0 Å². The van der Waals surface area contributed by atoms with Gasteiger partial charge in [-0.2, -0.15) is 0 Å². The molecule has 0 bridgehead atoms. The number of thiophene rings is 1. The third kappa shape index (κ3) is 3.42. The zero-order valence-corrected chi connectivity index (χ0v) is 14.3. The maximum Gasteiger partial charge on any atom is 0.345 e. The maximum atomic E-state index is 12.3. The van der Waals surface area contributed by atoms with Gasteiger partial charge in [-0.05, 0) is 48.0 Å². The van der Waals surface area contributed by atoms with E-state index in [1.54, 1.807) is 19.9 Å². The normalized spacial score (nSPS) is 11.4. The quantitative estimate of drug-likeness (QED) is 0.835. The molecule has 2 aromatic rings. The largest absolute Gasteiger partial charge is 0.477 e. The first-order valence-electron chi connectivity index (χ1n) is 5.70. The first kappa shape index (κ1) is 15.9. The van der Waals surface area contributed by atoms with Crippen molar-refractivity contribution in [3.63, 3.8) is 0 Å². The Balaban J connectivity index is 2.38. The van der Waals surface area contributed by atoms with E-state index in [9.17, 15) is 13.2 Å². The van der Waals surface area contributed by atoms with Gasteiger partial charge in [0.2, 0.25) is 0 Å². The van der Waals surface area contributed by atoms with Crippen molar-refractivity contribution in [3.05, 3.63) is 38.1 Å². The smallest absolute Gasteiger partial charge is 0.345 e. The molecule has 0 aromatic carbocycles. The maximum absolute atomic E-state index is 12.3. The van der Waals surface area contributed by atoms with Gasteiger partial charge in [-0.1, -0.05) is 0 Å². The summed E-state index contributed by atoms with van der Waals surface area (Å²) in [4.78, 5) is 15.4. The van der Waals surface area contributed by atoms with Crippen LogP contribution >= 0.6 is 27.3 Å². The van der Waals surface area contributed by atoms with Crippen molar-refractivity contribution in [2.75, 3.05) is 4.72 Å². The number of carbonyl (C=O) groups is 1. The Kier molecular flexibility index (Phi) is 4.35. The number of nitrogens with one attached hydrogen (secondary N) is 1. The summed E-state index contributed by atoms with van der Waals surface area (Å²) in [5, 5.41) is 8.92. The van der Waals surface area contributed by atoms with Gasteiger partial charge in [-0.3, -0.25) is 4.72 Å². The zero-order valence-electron chi connectivity index (χ0n) is 11.0. The molecule has 6 nitrogen and oxygen atoms in total. The second-order valence-electron chi connectivity index (χ2n) is 4.21. The Morgan fingerprint density at radius 2 is 2.05 bits per heavy atom. The lowest BCUT2D eigenvalue weighted by Gasteiger charge is -2.08. The van der Waals surface area contributed by atoms with E-state index in [0.717, 1.165) is 21.9 Å². The fraction of sp³-hybridized carbons (Fsp3) is 0.167. The lowest BCUT2D eigenvalue weighted by molar-refractivity contribution is 0.0702. The third-order valence-corrected chi connectivity index (χ3v) is 6.12. The summed E-state index contributed by atoms with van der Waals surface area (Å²) in [7, 11) is -3.87. The van der Waals surface area contributed by atoms with Crippen LogP contribution in [0, 0.1) is 13.8 Å². The van der Waals surface area contributed by atoms with Gasteiger partial charge in [-0.15, -0.1) is 11.3 Å². The first-order valence-corrected chi connectivity index (χ1v) is 8.79. The molecule has 0 amide bonds. The number of carboxylic acid groups (broad SMARTS) is 1. The molecule has 0 unspecified atom stereocenters. The molecule has 2 N–H and O–H groups in total. The average molecular weight is 391 g/mol. The second-order valence-corrected chi connectivity index (χ2v) is 7.97. The fourth-order valence-corrected chi connectivity index (χ4v) is 4.28. The summed E-state index contributed by atoms with van der Waals surface area (Å²) in [6, 6.07) is 4.36. The highest BCUT2D eigenvalue weighted by atomic mass is 79.9. The summed E-state index contributed by atoms with van der Waals surface area (Å²) in [5.41, 5.74) is 0.642. The number of aromatic carboxylic acids is 1. The van der Waals surface area contributed by atoms with Gasteiger partial charge < -0.3 is 5.11 Å². The van der Waals surface area contributed by atoms with Crippen LogP contribution in [-0.4, -0.2) is 24.5 Å². The molecule has 21 heavy (non-hydrogen) atoms. The number of aromatic nitrogens is 1. The molecule has 0 fully saturated rings. The standard InChI is InChI=1S/C12H11BrN2O4S2/c1-6-8(13)3-4-11(14-6)15-21(18,19)10-5-9(12(16)17)20-7(10)2/h3-5H,1-2H3,(H,14,15)(H,16,17). The Morgan fingerprint density at radius 3 is 2.57 bits per heavy atom. The zero-order chi connectivity index (χ0) is 15.8. The highest BCUT2D eigenvalue weighted by Crippen LogP contribution is 2.27. The highest BCUT2D eigenvalue weighted by molar-refractivity contribution is 9.10. The highest BCUT2D eigenvalue weighted by Gasteiger charge is 2.22. The van der Waals surface area contributed by atoms with Gasteiger partial charge in [0.15, 0.2) is 0 Å². The number of sulfonamides is 1. The van der Waals surface area contributed by atoms with Crippen LogP contribution in [0.5, 0.6) is 0 Å². The van der Waals surface area contributed by atoms with Gasteiger partial charge in [-0.25, -0.2) is 18.2 Å². The minimum Gasteiger partial charge on any atom is -0.477 e. The number of halogens is 1. The van der Waals surface area contributed by atoms with Crippen molar-refractivity contribution >= 4 is 49.1 Å². The van der Waals surface area contributed by atoms with E-state index < -0.39 is 16.0 Å². The molecule has 0 spiro atoms. The predicted molar refractivity (Wildman–Crippen MR) is 83.5 cm³/mol. The van der Waals surface area contributed by atoms with Crippen LogP contribution in [0.4, 0.5) is 5.82 Å². The summed E-state index contributed by atoms with van der Waals surface area (Å²) in [6.07, 6.45) is 0. The van der Waals surface area contributed by atoms with Crippen LogP contribution in [0.3, 0.4) is 0 Å². The number of nitrogens with zero attached hydrogens (tertiary/aromatic N) is 1. The molecular weight excluding hydrogens is 380 g/mol. The Morgan fingerprint density at radius 1 is 1.38 bits per heavy atom. The number of hydrogen-bond acceptors (Lipinski definition) is 5.